The Hall–Kier alpha value is -3.24. The molecule has 10 nitrogen and oxygen atoms in total. The monoisotopic (exact) mass is 563 g/mol. The standard InChI is InChI=1S/C31H45N7O3/c1-5-6-15-32-29-33-20-26-27(35-38(28(26)34-29)24-11-13-25(39)14-12-24)23-9-7-22(8-10-23)21-36-16-18-37(19-17-36)30(40)41-31(2,3)4/h7-10,20,24-25,39H,5-6,11-19,21H2,1-4H3,(H,32,33,34)/t24-,25-. The molecule has 41 heavy (non-hydrogen) atoms. The molecule has 1 saturated heterocycles. The molecule has 0 spiro atoms. The van der Waals surface area contributed by atoms with Gasteiger partial charge in [0.2, 0.25) is 5.95 Å². The van der Waals surface area contributed by atoms with Crippen molar-refractivity contribution >= 4 is 23.1 Å². The summed E-state index contributed by atoms with van der Waals surface area (Å²) in [6.07, 6.45) is 6.97. The summed E-state index contributed by atoms with van der Waals surface area (Å²) in [4.78, 5) is 26.1. The molecule has 1 aromatic carbocycles. The van der Waals surface area contributed by atoms with E-state index in [9.17, 15) is 9.90 Å². The van der Waals surface area contributed by atoms with Crippen molar-refractivity contribution < 1.29 is 14.6 Å². The minimum atomic E-state index is -0.476. The predicted molar refractivity (Wildman–Crippen MR) is 161 cm³/mol. The predicted octanol–water partition coefficient (Wildman–Crippen LogP) is 5.23. The molecule has 2 aliphatic rings. The lowest BCUT2D eigenvalue weighted by atomic mass is 9.93. The number of aliphatic hydroxyl groups is 1. The SMILES string of the molecule is CCCCNc1ncc2c(-c3ccc(CN4CCN(C(=O)OC(C)(C)C)CC4)cc3)nn([C@H]3CC[C@H](O)CC3)c2n1. The Morgan fingerprint density at radius 3 is 2.44 bits per heavy atom. The highest BCUT2D eigenvalue weighted by atomic mass is 16.6. The summed E-state index contributed by atoms with van der Waals surface area (Å²) in [5.41, 5.74) is 3.53. The number of hydrogen-bond acceptors (Lipinski definition) is 8. The fourth-order valence-corrected chi connectivity index (χ4v) is 5.60. The fraction of sp³-hybridized carbons (Fsp3) is 0.613. The second-order valence-corrected chi connectivity index (χ2v) is 12.4. The van der Waals surface area contributed by atoms with Crippen LogP contribution in [0, 0.1) is 0 Å². The average Bonchev–Trinajstić information content (AvgIpc) is 3.32. The van der Waals surface area contributed by atoms with Crippen LogP contribution in [0.2, 0.25) is 0 Å². The van der Waals surface area contributed by atoms with Gasteiger partial charge in [0, 0.05) is 51.0 Å². The number of unbranched alkanes of at least 4 members (excludes halogenated alkanes) is 1. The normalized spacial score (nSPS) is 20.4. The maximum Gasteiger partial charge on any atom is 0.410 e. The lowest BCUT2D eigenvalue weighted by Gasteiger charge is -2.35. The first-order valence-electron chi connectivity index (χ1n) is 15.2. The summed E-state index contributed by atoms with van der Waals surface area (Å²) in [6.45, 7) is 12.5. The van der Waals surface area contributed by atoms with Gasteiger partial charge in [-0.05, 0) is 58.4 Å². The molecule has 0 unspecified atom stereocenters. The van der Waals surface area contributed by atoms with E-state index >= 15 is 0 Å². The van der Waals surface area contributed by atoms with Crippen LogP contribution in [0.4, 0.5) is 10.7 Å². The maximum absolute atomic E-state index is 12.4. The second-order valence-electron chi connectivity index (χ2n) is 12.4. The first-order valence-corrected chi connectivity index (χ1v) is 15.2. The summed E-state index contributed by atoms with van der Waals surface area (Å²) in [6, 6.07) is 8.82. The van der Waals surface area contributed by atoms with E-state index in [0.29, 0.717) is 19.0 Å². The van der Waals surface area contributed by atoms with E-state index in [1.807, 2.05) is 27.0 Å². The molecule has 10 heteroatoms. The van der Waals surface area contributed by atoms with Gasteiger partial charge in [-0.25, -0.2) is 14.5 Å². The van der Waals surface area contributed by atoms with Crippen molar-refractivity contribution in [3.8, 4) is 11.3 Å². The highest BCUT2D eigenvalue weighted by Crippen LogP contribution is 2.34. The molecular weight excluding hydrogens is 518 g/mol. The molecular formula is C31H45N7O3. The average molecular weight is 564 g/mol. The minimum absolute atomic E-state index is 0.215. The lowest BCUT2D eigenvalue weighted by Crippen LogP contribution is -2.49. The molecule has 2 fully saturated rings. The third-order valence-electron chi connectivity index (χ3n) is 7.93. The number of rotatable bonds is 8. The molecule has 222 valence electrons. The molecule has 3 aromatic rings. The zero-order chi connectivity index (χ0) is 29.0. The van der Waals surface area contributed by atoms with Gasteiger partial charge in [0.15, 0.2) is 5.65 Å². The van der Waals surface area contributed by atoms with Gasteiger partial charge in [0.05, 0.1) is 17.5 Å². The first kappa shape index (κ1) is 29.3. The molecule has 0 bridgehead atoms. The zero-order valence-electron chi connectivity index (χ0n) is 25.0. The molecule has 1 aliphatic carbocycles. The Labute approximate surface area is 243 Å². The largest absolute Gasteiger partial charge is 0.444 e. The van der Waals surface area contributed by atoms with Crippen LogP contribution in [0.25, 0.3) is 22.3 Å². The number of nitrogens with one attached hydrogen (secondary N) is 1. The molecule has 1 aliphatic heterocycles. The quantitative estimate of drug-likeness (QED) is 0.359. The number of fused-ring (bicyclic) bond motifs is 1. The van der Waals surface area contributed by atoms with Crippen LogP contribution in [0.1, 0.15) is 77.8 Å². The number of benzene rings is 1. The third-order valence-corrected chi connectivity index (χ3v) is 7.93. The van der Waals surface area contributed by atoms with E-state index in [-0.39, 0.29) is 18.2 Å². The van der Waals surface area contributed by atoms with Gasteiger partial charge in [-0.2, -0.15) is 10.1 Å². The third kappa shape index (κ3) is 7.35. The second kappa shape index (κ2) is 12.7. The van der Waals surface area contributed by atoms with Crippen LogP contribution < -0.4 is 5.32 Å². The van der Waals surface area contributed by atoms with Crippen molar-refractivity contribution in [2.24, 2.45) is 0 Å². The van der Waals surface area contributed by atoms with Crippen LogP contribution in [0.3, 0.4) is 0 Å². The number of nitrogens with zero attached hydrogens (tertiary/aromatic N) is 6. The summed E-state index contributed by atoms with van der Waals surface area (Å²) >= 11 is 0. The Morgan fingerprint density at radius 1 is 1.07 bits per heavy atom. The van der Waals surface area contributed by atoms with Crippen molar-refractivity contribution in [3.63, 3.8) is 0 Å². The van der Waals surface area contributed by atoms with E-state index in [0.717, 1.165) is 87.0 Å². The zero-order valence-corrected chi connectivity index (χ0v) is 25.0. The number of carbonyl (C=O) groups excluding carboxylic acids is 1. The Morgan fingerprint density at radius 2 is 1.78 bits per heavy atom. The number of amides is 1. The molecule has 0 radical (unpaired) electrons. The Balaban J connectivity index is 1.29. The molecule has 5 rings (SSSR count). The number of anilines is 1. The van der Waals surface area contributed by atoms with Gasteiger partial charge in [0.25, 0.3) is 0 Å². The van der Waals surface area contributed by atoms with Crippen LogP contribution in [-0.4, -0.2) is 85.2 Å². The van der Waals surface area contributed by atoms with Crippen LogP contribution in [-0.2, 0) is 11.3 Å². The van der Waals surface area contributed by atoms with Crippen molar-refractivity contribution in [2.45, 2.75) is 90.5 Å². The number of hydrogen-bond donors (Lipinski definition) is 2. The van der Waals surface area contributed by atoms with Gasteiger partial charge < -0.3 is 20.1 Å². The maximum atomic E-state index is 12.4. The number of aliphatic hydroxyl groups excluding tert-OH is 1. The van der Waals surface area contributed by atoms with Crippen molar-refractivity contribution in [2.75, 3.05) is 38.0 Å². The van der Waals surface area contributed by atoms with E-state index in [2.05, 4.69) is 51.1 Å². The van der Waals surface area contributed by atoms with E-state index in [1.54, 1.807) is 4.90 Å². The minimum Gasteiger partial charge on any atom is -0.444 e. The van der Waals surface area contributed by atoms with Gasteiger partial charge >= 0.3 is 6.09 Å². The molecule has 2 aromatic heterocycles. The smallest absolute Gasteiger partial charge is 0.410 e. The highest BCUT2D eigenvalue weighted by Gasteiger charge is 2.27. The molecule has 1 amide bonds. The highest BCUT2D eigenvalue weighted by molar-refractivity contribution is 5.91. The van der Waals surface area contributed by atoms with Gasteiger partial charge in [0.1, 0.15) is 11.3 Å². The molecule has 0 atom stereocenters. The Bertz CT molecular complexity index is 1300. The van der Waals surface area contributed by atoms with Crippen LogP contribution in [0.5, 0.6) is 0 Å². The lowest BCUT2D eigenvalue weighted by molar-refractivity contribution is 0.0139. The molecule has 3 heterocycles. The van der Waals surface area contributed by atoms with Gasteiger partial charge in [-0.3, -0.25) is 4.90 Å². The van der Waals surface area contributed by atoms with Crippen molar-refractivity contribution in [1.29, 1.82) is 0 Å². The van der Waals surface area contributed by atoms with E-state index in [4.69, 9.17) is 14.8 Å². The number of piperazine rings is 1. The first-order chi connectivity index (χ1) is 19.7. The molecule has 2 N–H and O–H groups in total. The van der Waals surface area contributed by atoms with Crippen LogP contribution in [0.15, 0.2) is 30.5 Å². The molecule has 1 saturated carbocycles. The van der Waals surface area contributed by atoms with E-state index in [1.165, 1.54) is 5.56 Å². The number of carbonyl (C=O) groups is 1. The summed E-state index contributed by atoms with van der Waals surface area (Å²) in [7, 11) is 0. The van der Waals surface area contributed by atoms with E-state index < -0.39 is 5.60 Å². The van der Waals surface area contributed by atoms with Gasteiger partial charge in [-0.15, -0.1) is 0 Å². The van der Waals surface area contributed by atoms with Crippen LogP contribution >= 0.6 is 0 Å². The van der Waals surface area contributed by atoms with Crippen molar-refractivity contribution in [3.05, 3.63) is 36.0 Å². The summed E-state index contributed by atoms with van der Waals surface area (Å²) in [5.74, 6) is 0.636. The summed E-state index contributed by atoms with van der Waals surface area (Å²) in [5, 5.41) is 19.5. The topological polar surface area (TPSA) is 109 Å². The fourth-order valence-electron chi connectivity index (χ4n) is 5.60. The van der Waals surface area contributed by atoms with Gasteiger partial charge in [-0.1, -0.05) is 37.6 Å². The summed E-state index contributed by atoms with van der Waals surface area (Å²) < 4.78 is 7.60. The Kier molecular flexibility index (Phi) is 9.09. The number of ether oxygens (including phenoxy) is 1. The number of aromatic nitrogens is 4. The van der Waals surface area contributed by atoms with Crippen molar-refractivity contribution in [1.82, 2.24) is 29.5 Å².